The number of hydrogen-bond acceptors (Lipinski definition) is 6. The molecule has 0 N–H and O–H groups in total. The van der Waals surface area contributed by atoms with Gasteiger partial charge in [0.05, 0.1) is 22.2 Å². The van der Waals surface area contributed by atoms with Crippen LogP contribution < -0.4 is 0 Å². The van der Waals surface area contributed by atoms with E-state index in [1.807, 2.05) is 6.92 Å². The Balaban J connectivity index is 2.47. The highest BCUT2D eigenvalue weighted by Crippen LogP contribution is 2.19. The van der Waals surface area contributed by atoms with Gasteiger partial charge >= 0.3 is 0 Å². The molecule has 1 rings (SSSR count). The van der Waals surface area contributed by atoms with E-state index in [2.05, 4.69) is 9.82 Å². The summed E-state index contributed by atoms with van der Waals surface area (Å²) in [5.41, 5.74) is 0.915. The Morgan fingerprint density at radius 3 is 2.93 bits per heavy atom. The molecule has 0 unspecified atom stereocenters. The van der Waals surface area contributed by atoms with Gasteiger partial charge in [-0.3, -0.25) is 0 Å². The van der Waals surface area contributed by atoms with Crippen LogP contribution in [0.2, 0.25) is 0 Å². The highest BCUT2D eigenvalue weighted by molar-refractivity contribution is 7.11. The number of ether oxygens (including phenoxy) is 1. The van der Waals surface area contributed by atoms with Gasteiger partial charge in [0.1, 0.15) is 6.61 Å². The van der Waals surface area contributed by atoms with Gasteiger partial charge < -0.3 is 9.57 Å². The zero-order valence-electron chi connectivity index (χ0n) is 8.56. The number of aryl methyl sites for hydroxylation is 1. The summed E-state index contributed by atoms with van der Waals surface area (Å²) in [5, 5.41) is 9.95. The van der Waals surface area contributed by atoms with Gasteiger partial charge in [-0.1, -0.05) is 0 Å². The summed E-state index contributed by atoms with van der Waals surface area (Å²) in [5.74, 6) is 0. The minimum absolute atomic E-state index is 0.0480. The molecule has 0 aliphatic carbocycles. The third-order valence-corrected chi connectivity index (χ3v) is 2.92. The van der Waals surface area contributed by atoms with Gasteiger partial charge in [0.15, 0.2) is 0 Å². The van der Waals surface area contributed by atoms with Crippen molar-refractivity contribution in [3.63, 3.8) is 0 Å². The van der Waals surface area contributed by atoms with E-state index in [9.17, 15) is 10.1 Å². The van der Waals surface area contributed by atoms with E-state index >= 15 is 0 Å². The van der Waals surface area contributed by atoms with Crippen LogP contribution in [0.3, 0.4) is 0 Å². The molecule has 0 bridgehead atoms. The molecule has 84 valence electrons. The topological polar surface area (TPSA) is 74.5 Å². The van der Waals surface area contributed by atoms with E-state index < -0.39 is 5.09 Å². The zero-order chi connectivity index (χ0) is 11.3. The lowest BCUT2D eigenvalue weighted by atomic mass is 10.4. The molecule has 0 aliphatic heterocycles. The van der Waals surface area contributed by atoms with Crippen LogP contribution in [0.25, 0.3) is 0 Å². The van der Waals surface area contributed by atoms with E-state index in [1.54, 1.807) is 7.11 Å². The summed E-state index contributed by atoms with van der Waals surface area (Å²) in [4.78, 5) is 19.4. The third kappa shape index (κ3) is 3.80. The smallest absolute Gasteiger partial charge is 0.294 e. The standard InChI is InChI=1S/C8H12N2O4S/c1-6-7(5-13-2)15-8(9-6)3-4-14-10(11)12/h3-5H2,1-2H3. The van der Waals surface area contributed by atoms with Gasteiger partial charge in [-0.25, -0.2) is 4.98 Å². The van der Waals surface area contributed by atoms with Crippen LogP contribution in [-0.4, -0.2) is 23.8 Å². The number of rotatable bonds is 6. The fraction of sp³-hybridized carbons (Fsp3) is 0.625. The van der Waals surface area contributed by atoms with Gasteiger partial charge in [0, 0.05) is 13.5 Å². The summed E-state index contributed by atoms with van der Waals surface area (Å²) < 4.78 is 5.00. The number of methoxy groups -OCH3 is 1. The monoisotopic (exact) mass is 232 g/mol. The molecule has 0 aromatic carbocycles. The third-order valence-electron chi connectivity index (χ3n) is 1.73. The Hall–Kier alpha value is -1.21. The number of nitrogens with zero attached hydrogens (tertiary/aromatic N) is 2. The molecule has 0 fully saturated rings. The van der Waals surface area contributed by atoms with Crippen molar-refractivity contribution in [1.29, 1.82) is 0 Å². The number of hydrogen-bond donors (Lipinski definition) is 0. The van der Waals surface area contributed by atoms with Crippen LogP contribution in [0.4, 0.5) is 0 Å². The summed E-state index contributed by atoms with van der Waals surface area (Å²) in [6.07, 6.45) is 0.455. The van der Waals surface area contributed by atoms with Gasteiger partial charge in [-0.05, 0) is 6.92 Å². The molecule has 0 radical (unpaired) electrons. The Morgan fingerprint density at radius 2 is 2.33 bits per heavy atom. The lowest BCUT2D eigenvalue weighted by Gasteiger charge is -1.94. The predicted octanol–water partition coefficient (Wildman–Crippen LogP) is 1.35. The highest BCUT2D eigenvalue weighted by Gasteiger charge is 2.07. The molecule has 0 aliphatic rings. The second-order valence-corrected chi connectivity index (χ2v) is 4.02. The molecule has 1 aromatic heterocycles. The quantitative estimate of drug-likeness (QED) is 0.546. The SMILES string of the molecule is COCc1sc(CCO[N+](=O)[O-])nc1C. The summed E-state index contributed by atoms with van der Waals surface area (Å²) in [6, 6.07) is 0. The minimum atomic E-state index is -0.795. The normalized spacial score (nSPS) is 10.3. The van der Waals surface area contributed by atoms with E-state index in [4.69, 9.17) is 4.74 Å². The van der Waals surface area contributed by atoms with Crippen molar-refractivity contribution in [1.82, 2.24) is 4.98 Å². The van der Waals surface area contributed by atoms with Crippen LogP contribution in [0, 0.1) is 17.0 Å². The maximum atomic E-state index is 9.91. The van der Waals surface area contributed by atoms with Crippen LogP contribution >= 0.6 is 11.3 Å². The van der Waals surface area contributed by atoms with Crippen molar-refractivity contribution in [3.8, 4) is 0 Å². The molecule has 6 nitrogen and oxygen atoms in total. The lowest BCUT2D eigenvalue weighted by molar-refractivity contribution is -0.757. The van der Waals surface area contributed by atoms with Crippen LogP contribution in [-0.2, 0) is 22.6 Å². The van der Waals surface area contributed by atoms with Crippen LogP contribution in [0.15, 0.2) is 0 Å². The van der Waals surface area contributed by atoms with E-state index in [0.29, 0.717) is 13.0 Å². The molecule has 1 aromatic rings. The van der Waals surface area contributed by atoms with Crippen molar-refractivity contribution in [2.24, 2.45) is 0 Å². The molecule has 0 saturated heterocycles. The second-order valence-electron chi connectivity index (χ2n) is 2.86. The number of thiazole rings is 1. The Kier molecular flexibility index (Phi) is 4.44. The van der Waals surface area contributed by atoms with E-state index in [0.717, 1.165) is 15.6 Å². The average molecular weight is 232 g/mol. The molecule has 1 heterocycles. The average Bonchev–Trinajstić information content (AvgIpc) is 2.47. The van der Waals surface area contributed by atoms with Crippen LogP contribution in [0.1, 0.15) is 15.6 Å². The molecule has 15 heavy (non-hydrogen) atoms. The molecular formula is C8H12N2O4S. The summed E-state index contributed by atoms with van der Waals surface area (Å²) >= 11 is 1.50. The second kappa shape index (κ2) is 5.62. The van der Waals surface area contributed by atoms with Gasteiger partial charge in [0.25, 0.3) is 5.09 Å². The molecule has 0 amide bonds. The maximum absolute atomic E-state index is 9.91. The molecule has 0 spiro atoms. The number of aromatic nitrogens is 1. The van der Waals surface area contributed by atoms with Crippen molar-refractivity contribution in [2.45, 2.75) is 20.0 Å². The Morgan fingerprint density at radius 1 is 1.60 bits per heavy atom. The predicted molar refractivity (Wildman–Crippen MR) is 54.2 cm³/mol. The molecule has 7 heteroatoms. The van der Waals surface area contributed by atoms with Crippen molar-refractivity contribution >= 4 is 11.3 Å². The highest BCUT2D eigenvalue weighted by atomic mass is 32.1. The van der Waals surface area contributed by atoms with Crippen molar-refractivity contribution < 1.29 is 14.7 Å². The summed E-state index contributed by atoms with van der Waals surface area (Å²) in [6.45, 7) is 2.47. The zero-order valence-corrected chi connectivity index (χ0v) is 9.37. The van der Waals surface area contributed by atoms with Crippen molar-refractivity contribution in [2.75, 3.05) is 13.7 Å². The fourth-order valence-corrected chi connectivity index (χ4v) is 2.09. The minimum Gasteiger partial charge on any atom is -0.379 e. The maximum Gasteiger partial charge on any atom is 0.294 e. The largest absolute Gasteiger partial charge is 0.379 e. The Bertz CT molecular complexity index is 339. The lowest BCUT2D eigenvalue weighted by Crippen LogP contribution is -2.04. The first-order valence-corrected chi connectivity index (χ1v) is 5.16. The van der Waals surface area contributed by atoms with E-state index in [1.165, 1.54) is 11.3 Å². The first kappa shape index (κ1) is 11.9. The van der Waals surface area contributed by atoms with Gasteiger partial charge in [-0.2, -0.15) is 0 Å². The summed E-state index contributed by atoms with van der Waals surface area (Å²) in [7, 11) is 1.62. The van der Waals surface area contributed by atoms with Crippen molar-refractivity contribution in [3.05, 3.63) is 25.7 Å². The fourth-order valence-electron chi connectivity index (χ4n) is 1.07. The molecular weight excluding hydrogens is 220 g/mol. The first-order valence-electron chi connectivity index (χ1n) is 4.35. The molecule has 0 saturated carbocycles. The van der Waals surface area contributed by atoms with Gasteiger partial charge in [0.2, 0.25) is 0 Å². The molecule has 0 atom stereocenters. The Labute approximate surface area is 91.0 Å². The van der Waals surface area contributed by atoms with E-state index in [-0.39, 0.29) is 6.61 Å². The first-order chi connectivity index (χ1) is 7.13. The van der Waals surface area contributed by atoms with Crippen LogP contribution in [0.5, 0.6) is 0 Å². The van der Waals surface area contributed by atoms with Gasteiger partial charge in [-0.15, -0.1) is 21.5 Å².